The second-order valence-corrected chi connectivity index (χ2v) is 5.96. The fourth-order valence-corrected chi connectivity index (χ4v) is 3.21. The second-order valence-electron chi connectivity index (χ2n) is 4.93. The lowest BCUT2D eigenvalue weighted by Crippen LogP contribution is -2.12. The molecule has 0 bridgehead atoms. The van der Waals surface area contributed by atoms with E-state index >= 15 is 0 Å². The molecule has 0 spiro atoms. The summed E-state index contributed by atoms with van der Waals surface area (Å²) < 4.78 is 10.9. The molecule has 1 aromatic heterocycles. The third kappa shape index (κ3) is 3.22. The summed E-state index contributed by atoms with van der Waals surface area (Å²) in [5.74, 6) is 0.331. The molecule has 0 fully saturated rings. The molecule has 3 rings (SSSR count). The minimum Gasteiger partial charge on any atom is -0.496 e. The Bertz CT molecular complexity index is 970. The van der Waals surface area contributed by atoms with E-state index in [0.29, 0.717) is 26.7 Å². The summed E-state index contributed by atoms with van der Waals surface area (Å²) in [6.07, 6.45) is 0. The van der Waals surface area contributed by atoms with Crippen LogP contribution in [0.15, 0.2) is 36.4 Å². The second kappa shape index (κ2) is 6.73. The molecule has 0 radical (unpaired) electrons. The zero-order valence-electron chi connectivity index (χ0n) is 13.3. The molecule has 1 N–H and O–H groups in total. The quantitative estimate of drug-likeness (QED) is 0.552. The summed E-state index contributed by atoms with van der Waals surface area (Å²) in [7, 11) is 2.89. The number of hydrogen-bond donors (Lipinski definition) is 1. The minimum atomic E-state index is -0.505. The molecule has 1 heterocycles. The average molecular weight is 359 g/mol. The number of methoxy groups -OCH3 is 2. The average Bonchev–Trinajstić information content (AvgIpc) is 3.02. The number of amides is 1. The maximum atomic E-state index is 12.4. The topological polar surface area (TPSA) is 104 Å². The Balaban J connectivity index is 1.97. The van der Waals surface area contributed by atoms with Crippen LogP contribution in [0, 0.1) is 10.1 Å². The van der Waals surface area contributed by atoms with Gasteiger partial charge in [-0.15, -0.1) is 0 Å². The molecule has 0 aliphatic carbocycles. The van der Waals surface area contributed by atoms with E-state index in [2.05, 4.69) is 10.3 Å². The van der Waals surface area contributed by atoms with E-state index in [4.69, 9.17) is 9.47 Å². The van der Waals surface area contributed by atoms with Gasteiger partial charge in [0.15, 0.2) is 10.9 Å². The van der Waals surface area contributed by atoms with Crippen LogP contribution in [0.25, 0.3) is 10.2 Å². The highest BCUT2D eigenvalue weighted by Gasteiger charge is 2.18. The number of nitro benzene ring substituents is 1. The molecule has 0 aliphatic rings. The zero-order valence-corrected chi connectivity index (χ0v) is 14.1. The number of fused-ring (bicyclic) bond motifs is 1. The van der Waals surface area contributed by atoms with Crippen molar-refractivity contribution in [3.05, 3.63) is 52.1 Å². The van der Waals surface area contributed by atoms with Gasteiger partial charge < -0.3 is 9.47 Å². The van der Waals surface area contributed by atoms with Crippen molar-refractivity contribution in [2.24, 2.45) is 0 Å². The number of aromatic nitrogens is 1. The van der Waals surface area contributed by atoms with Crippen LogP contribution in [0.1, 0.15) is 10.4 Å². The molecule has 0 saturated heterocycles. The molecule has 128 valence electrons. The number of para-hydroxylation sites is 1. The van der Waals surface area contributed by atoms with Crippen molar-refractivity contribution in [2.45, 2.75) is 0 Å². The van der Waals surface area contributed by atoms with Crippen molar-refractivity contribution in [1.82, 2.24) is 4.98 Å². The molecule has 0 unspecified atom stereocenters. The van der Waals surface area contributed by atoms with Crippen LogP contribution in [0.5, 0.6) is 11.5 Å². The number of ether oxygens (including phenoxy) is 2. The number of rotatable bonds is 5. The van der Waals surface area contributed by atoms with Gasteiger partial charge in [0.1, 0.15) is 11.3 Å². The SMILES string of the molecule is COc1ccccc1C(=O)Nc1nc2c(OC)cc([N+](=O)[O-])cc2s1. The van der Waals surface area contributed by atoms with Crippen molar-refractivity contribution in [2.75, 3.05) is 19.5 Å². The summed E-state index contributed by atoms with van der Waals surface area (Å²) in [6.45, 7) is 0. The minimum absolute atomic E-state index is 0.101. The van der Waals surface area contributed by atoms with E-state index in [1.165, 1.54) is 26.4 Å². The smallest absolute Gasteiger partial charge is 0.274 e. The molecule has 0 atom stereocenters. The number of nitro groups is 1. The van der Waals surface area contributed by atoms with Crippen LogP contribution in [0.3, 0.4) is 0 Å². The van der Waals surface area contributed by atoms with Crippen LogP contribution in [-0.2, 0) is 0 Å². The Hall–Kier alpha value is -3.20. The van der Waals surface area contributed by atoms with Gasteiger partial charge in [-0.25, -0.2) is 4.98 Å². The van der Waals surface area contributed by atoms with E-state index in [-0.39, 0.29) is 17.3 Å². The van der Waals surface area contributed by atoms with Crippen molar-refractivity contribution < 1.29 is 19.2 Å². The predicted octanol–water partition coefficient (Wildman–Crippen LogP) is 3.47. The van der Waals surface area contributed by atoms with Crippen LogP contribution < -0.4 is 14.8 Å². The first-order valence-corrected chi connectivity index (χ1v) is 7.92. The number of nitrogens with zero attached hydrogens (tertiary/aromatic N) is 2. The van der Waals surface area contributed by atoms with Gasteiger partial charge in [0.05, 0.1) is 35.5 Å². The molecule has 9 heteroatoms. The van der Waals surface area contributed by atoms with Crippen LogP contribution >= 0.6 is 11.3 Å². The summed E-state index contributed by atoms with van der Waals surface area (Å²) in [6, 6.07) is 9.49. The van der Waals surface area contributed by atoms with E-state index in [1.54, 1.807) is 24.3 Å². The molecule has 8 nitrogen and oxygen atoms in total. The summed E-state index contributed by atoms with van der Waals surface area (Å²) in [5.41, 5.74) is 0.714. The highest BCUT2D eigenvalue weighted by Crippen LogP contribution is 2.36. The van der Waals surface area contributed by atoms with Crippen molar-refractivity contribution in [3.63, 3.8) is 0 Å². The Morgan fingerprint density at radius 2 is 1.92 bits per heavy atom. The van der Waals surface area contributed by atoms with E-state index < -0.39 is 4.92 Å². The molecule has 2 aromatic carbocycles. The Morgan fingerprint density at radius 3 is 2.60 bits per heavy atom. The number of anilines is 1. The molecule has 25 heavy (non-hydrogen) atoms. The lowest BCUT2D eigenvalue weighted by molar-refractivity contribution is -0.384. The predicted molar refractivity (Wildman–Crippen MR) is 93.8 cm³/mol. The van der Waals surface area contributed by atoms with Gasteiger partial charge in [0, 0.05) is 6.07 Å². The Morgan fingerprint density at radius 1 is 1.20 bits per heavy atom. The van der Waals surface area contributed by atoms with Crippen molar-refractivity contribution >= 4 is 38.3 Å². The Kier molecular flexibility index (Phi) is 4.48. The standard InChI is InChI=1S/C16H13N3O5S/c1-23-11-6-4-3-5-10(11)15(20)18-16-17-14-12(24-2)7-9(19(21)22)8-13(14)25-16/h3-8H,1-2H3,(H,17,18,20). The third-order valence-corrected chi connectivity index (χ3v) is 4.37. The van der Waals surface area contributed by atoms with Gasteiger partial charge in [-0.2, -0.15) is 0 Å². The first-order chi connectivity index (χ1) is 12.0. The summed E-state index contributed by atoms with van der Waals surface area (Å²) in [5, 5.41) is 14.0. The molecular weight excluding hydrogens is 346 g/mol. The first kappa shape index (κ1) is 16.7. The van der Waals surface area contributed by atoms with E-state index in [9.17, 15) is 14.9 Å². The number of non-ortho nitro benzene ring substituents is 1. The van der Waals surface area contributed by atoms with Gasteiger partial charge in [-0.05, 0) is 12.1 Å². The first-order valence-electron chi connectivity index (χ1n) is 7.11. The Labute approximate surface area is 146 Å². The highest BCUT2D eigenvalue weighted by molar-refractivity contribution is 7.22. The molecule has 0 saturated carbocycles. The third-order valence-electron chi connectivity index (χ3n) is 3.45. The highest BCUT2D eigenvalue weighted by atomic mass is 32.1. The van der Waals surface area contributed by atoms with Gasteiger partial charge in [-0.1, -0.05) is 23.5 Å². The fourth-order valence-electron chi connectivity index (χ4n) is 2.30. The maximum Gasteiger partial charge on any atom is 0.274 e. The van der Waals surface area contributed by atoms with Crippen molar-refractivity contribution in [3.8, 4) is 11.5 Å². The van der Waals surface area contributed by atoms with Gasteiger partial charge in [0.2, 0.25) is 0 Å². The summed E-state index contributed by atoms with van der Waals surface area (Å²) >= 11 is 1.13. The maximum absolute atomic E-state index is 12.4. The van der Waals surface area contributed by atoms with Crippen LogP contribution in [-0.4, -0.2) is 30.0 Å². The van der Waals surface area contributed by atoms with Crippen LogP contribution in [0.4, 0.5) is 10.8 Å². The van der Waals surface area contributed by atoms with E-state index in [0.717, 1.165) is 11.3 Å². The molecule has 1 amide bonds. The monoisotopic (exact) mass is 359 g/mol. The number of carbonyl (C=O) groups excluding carboxylic acids is 1. The van der Waals surface area contributed by atoms with Gasteiger partial charge in [0.25, 0.3) is 11.6 Å². The number of thiazole rings is 1. The largest absolute Gasteiger partial charge is 0.496 e. The number of benzene rings is 2. The number of hydrogen-bond acceptors (Lipinski definition) is 7. The molecule has 0 aliphatic heterocycles. The van der Waals surface area contributed by atoms with Gasteiger partial charge >= 0.3 is 0 Å². The molecular formula is C16H13N3O5S. The summed E-state index contributed by atoms with van der Waals surface area (Å²) in [4.78, 5) is 27.2. The fraction of sp³-hybridized carbons (Fsp3) is 0.125. The van der Waals surface area contributed by atoms with Gasteiger partial charge in [-0.3, -0.25) is 20.2 Å². The lowest BCUT2D eigenvalue weighted by Gasteiger charge is -2.06. The van der Waals surface area contributed by atoms with Crippen molar-refractivity contribution in [1.29, 1.82) is 0 Å². The number of nitrogens with one attached hydrogen (secondary N) is 1. The van der Waals surface area contributed by atoms with E-state index in [1.807, 2.05) is 0 Å². The normalized spacial score (nSPS) is 10.5. The van der Waals surface area contributed by atoms with Crippen LogP contribution in [0.2, 0.25) is 0 Å². The number of carbonyl (C=O) groups is 1. The molecule has 3 aromatic rings. The lowest BCUT2D eigenvalue weighted by atomic mass is 10.2. The zero-order chi connectivity index (χ0) is 18.0.